The maximum absolute atomic E-state index is 12.9. The Morgan fingerprint density at radius 1 is 1.21 bits per heavy atom. The van der Waals surface area contributed by atoms with Crippen LogP contribution in [0.25, 0.3) is 10.7 Å². The summed E-state index contributed by atoms with van der Waals surface area (Å²) in [5.41, 5.74) is 1.08. The number of piperazine rings is 1. The normalized spacial score (nSPS) is 14.2. The van der Waals surface area contributed by atoms with Crippen molar-refractivity contribution in [3.05, 3.63) is 46.5 Å². The van der Waals surface area contributed by atoms with E-state index in [1.807, 2.05) is 47.5 Å². The molecule has 1 aromatic carbocycles. The zero-order chi connectivity index (χ0) is 20.2. The molecular formula is C20H23N5O2S2. The summed E-state index contributed by atoms with van der Waals surface area (Å²) >= 11 is 6.92. The molecule has 9 heteroatoms. The third-order valence-electron chi connectivity index (χ3n) is 4.93. The van der Waals surface area contributed by atoms with E-state index in [1.165, 1.54) is 0 Å². The van der Waals surface area contributed by atoms with Crippen LogP contribution in [-0.2, 0) is 11.3 Å². The number of hydrogen-bond donors (Lipinski definition) is 1. The average molecular weight is 430 g/mol. The Labute approximate surface area is 178 Å². The van der Waals surface area contributed by atoms with Crippen molar-refractivity contribution in [1.82, 2.24) is 19.7 Å². The number of aromatic amines is 1. The zero-order valence-electron chi connectivity index (χ0n) is 16.2. The number of hydrogen-bond acceptors (Lipinski definition) is 6. The van der Waals surface area contributed by atoms with Crippen LogP contribution in [0.5, 0.6) is 5.75 Å². The second kappa shape index (κ2) is 8.79. The predicted molar refractivity (Wildman–Crippen MR) is 117 cm³/mol. The highest BCUT2D eigenvalue weighted by Crippen LogP contribution is 2.29. The van der Waals surface area contributed by atoms with E-state index in [2.05, 4.69) is 21.2 Å². The lowest BCUT2D eigenvalue weighted by atomic mass is 10.2. The summed E-state index contributed by atoms with van der Waals surface area (Å²) in [7, 11) is 0. The molecule has 0 saturated carbocycles. The van der Waals surface area contributed by atoms with Gasteiger partial charge < -0.3 is 14.5 Å². The molecule has 29 heavy (non-hydrogen) atoms. The first-order valence-corrected chi connectivity index (χ1v) is 10.9. The van der Waals surface area contributed by atoms with Crippen LogP contribution in [0.3, 0.4) is 0 Å². The first-order chi connectivity index (χ1) is 14.2. The fraction of sp³-hybridized carbons (Fsp3) is 0.350. The number of aromatic nitrogens is 3. The second-order valence-corrected chi connectivity index (χ2v) is 8.02. The number of ether oxygens (including phenoxy) is 1. The van der Waals surface area contributed by atoms with E-state index in [9.17, 15) is 4.79 Å². The molecule has 0 spiro atoms. The van der Waals surface area contributed by atoms with Gasteiger partial charge in [0.15, 0.2) is 10.6 Å². The molecule has 0 atom stereocenters. The molecule has 2 aromatic heterocycles. The van der Waals surface area contributed by atoms with Crippen molar-refractivity contribution in [2.24, 2.45) is 0 Å². The molecule has 0 aliphatic carbocycles. The van der Waals surface area contributed by atoms with Gasteiger partial charge in [0, 0.05) is 26.2 Å². The minimum Gasteiger partial charge on any atom is -0.492 e. The number of rotatable bonds is 6. The third-order valence-corrected chi connectivity index (χ3v) is 6.11. The van der Waals surface area contributed by atoms with Gasteiger partial charge in [-0.2, -0.15) is 5.10 Å². The van der Waals surface area contributed by atoms with Gasteiger partial charge in [0.2, 0.25) is 5.91 Å². The summed E-state index contributed by atoms with van der Waals surface area (Å²) in [4.78, 5) is 18.1. The fourth-order valence-corrected chi connectivity index (χ4v) is 4.41. The van der Waals surface area contributed by atoms with Crippen molar-refractivity contribution in [3.8, 4) is 16.5 Å². The third kappa shape index (κ3) is 4.20. The van der Waals surface area contributed by atoms with Gasteiger partial charge in [-0.1, -0.05) is 18.2 Å². The first-order valence-electron chi connectivity index (χ1n) is 9.61. The monoisotopic (exact) mass is 429 g/mol. The number of thiophene rings is 1. The first kappa shape index (κ1) is 19.7. The zero-order valence-corrected chi connectivity index (χ0v) is 17.8. The van der Waals surface area contributed by atoms with Crippen molar-refractivity contribution in [1.29, 1.82) is 0 Å². The van der Waals surface area contributed by atoms with Gasteiger partial charge in [-0.3, -0.25) is 14.5 Å². The molecule has 1 aliphatic rings. The molecule has 152 valence electrons. The van der Waals surface area contributed by atoms with Crippen LogP contribution in [-0.4, -0.2) is 58.4 Å². The molecule has 0 radical (unpaired) electrons. The van der Waals surface area contributed by atoms with Crippen LogP contribution in [0.4, 0.5) is 5.69 Å². The van der Waals surface area contributed by atoms with Crippen molar-refractivity contribution >= 4 is 35.1 Å². The van der Waals surface area contributed by atoms with E-state index < -0.39 is 0 Å². The molecule has 3 aromatic rings. The molecule has 1 N–H and O–H groups in total. The molecular weight excluding hydrogens is 406 g/mol. The molecule has 0 bridgehead atoms. The molecule has 4 rings (SSSR count). The van der Waals surface area contributed by atoms with Crippen LogP contribution in [0, 0.1) is 4.77 Å². The van der Waals surface area contributed by atoms with E-state index in [-0.39, 0.29) is 12.5 Å². The molecule has 1 fully saturated rings. The highest BCUT2D eigenvalue weighted by molar-refractivity contribution is 7.71. The predicted octanol–water partition coefficient (Wildman–Crippen LogP) is 3.42. The van der Waals surface area contributed by atoms with Gasteiger partial charge in [-0.15, -0.1) is 11.3 Å². The molecule has 7 nitrogen and oxygen atoms in total. The van der Waals surface area contributed by atoms with Crippen LogP contribution in [0.1, 0.15) is 6.92 Å². The number of nitrogens with one attached hydrogen (secondary N) is 1. The van der Waals surface area contributed by atoms with E-state index in [4.69, 9.17) is 17.0 Å². The van der Waals surface area contributed by atoms with E-state index in [0.717, 1.165) is 29.4 Å². The summed E-state index contributed by atoms with van der Waals surface area (Å²) < 4.78 is 7.99. The lowest BCUT2D eigenvalue weighted by Gasteiger charge is -2.36. The number of carbonyl (C=O) groups is 1. The van der Waals surface area contributed by atoms with Crippen molar-refractivity contribution in [3.63, 3.8) is 0 Å². The summed E-state index contributed by atoms with van der Waals surface area (Å²) in [5, 5.41) is 9.09. The maximum atomic E-state index is 12.9. The lowest BCUT2D eigenvalue weighted by Crippen LogP contribution is -2.49. The Morgan fingerprint density at radius 2 is 2.00 bits per heavy atom. The Bertz CT molecular complexity index is 1020. The van der Waals surface area contributed by atoms with Crippen molar-refractivity contribution < 1.29 is 9.53 Å². The van der Waals surface area contributed by atoms with Gasteiger partial charge in [-0.25, -0.2) is 0 Å². The largest absolute Gasteiger partial charge is 0.492 e. The smallest absolute Gasteiger partial charge is 0.242 e. The summed E-state index contributed by atoms with van der Waals surface area (Å²) in [5.74, 6) is 1.65. The summed E-state index contributed by atoms with van der Waals surface area (Å²) in [6.45, 7) is 5.68. The Morgan fingerprint density at radius 3 is 2.72 bits per heavy atom. The Balaban J connectivity index is 1.42. The van der Waals surface area contributed by atoms with Gasteiger partial charge in [0.05, 0.1) is 17.2 Å². The minimum atomic E-state index is 0.0537. The molecule has 1 saturated heterocycles. The number of nitrogens with zero attached hydrogens (tertiary/aromatic N) is 4. The molecule has 3 heterocycles. The number of amides is 1. The quantitative estimate of drug-likeness (QED) is 0.608. The van der Waals surface area contributed by atoms with Gasteiger partial charge >= 0.3 is 0 Å². The highest BCUT2D eigenvalue weighted by Gasteiger charge is 2.24. The molecule has 1 aliphatic heterocycles. The van der Waals surface area contributed by atoms with E-state index in [1.54, 1.807) is 15.9 Å². The topological polar surface area (TPSA) is 66.4 Å². The number of carbonyl (C=O) groups excluding carboxylic acids is 1. The van der Waals surface area contributed by atoms with E-state index in [0.29, 0.717) is 30.3 Å². The number of para-hydroxylation sites is 2. The molecule has 1 amide bonds. The number of anilines is 1. The highest BCUT2D eigenvalue weighted by atomic mass is 32.1. The summed E-state index contributed by atoms with van der Waals surface area (Å²) in [6, 6.07) is 12.0. The maximum Gasteiger partial charge on any atom is 0.242 e. The Kier molecular flexibility index (Phi) is 5.96. The van der Waals surface area contributed by atoms with E-state index >= 15 is 0 Å². The van der Waals surface area contributed by atoms with Gasteiger partial charge in [-0.05, 0) is 42.7 Å². The summed E-state index contributed by atoms with van der Waals surface area (Å²) in [6.07, 6.45) is 0. The van der Waals surface area contributed by atoms with Crippen LogP contribution in [0.15, 0.2) is 41.8 Å². The molecule has 0 unspecified atom stereocenters. The van der Waals surface area contributed by atoms with Crippen LogP contribution < -0.4 is 9.64 Å². The van der Waals surface area contributed by atoms with Gasteiger partial charge in [0.25, 0.3) is 0 Å². The average Bonchev–Trinajstić information content (AvgIpc) is 3.39. The SMILES string of the molecule is CCOc1ccccc1N1CCN(C(=O)Cn2c(-c3cccs3)n[nH]c2=S)CC1. The standard InChI is InChI=1S/C20H23N5O2S2/c1-2-27-16-7-4-3-6-15(16)23-9-11-24(12-10-23)18(26)14-25-19(21-22-20(25)28)17-8-5-13-29-17/h3-8,13H,2,9-12,14H2,1H3,(H,22,28). The van der Waals surface area contributed by atoms with Gasteiger partial charge in [0.1, 0.15) is 12.3 Å². The lowest BCUT2D eigenvalue weighted by molar-refractivity contribution is -0.132. The fourth-order valence-electron chi connectivity index (χ4n) is 3.49. The van der Waals surface area contributed by atoms with Crippen LogP contribution >= 0.6 is 23.6 Å². The number of benzene rings is 1. The van der Waals surface area contributed by atoms with Crippen LogP contribution in [0.2, 0.25) is 0 Å². The minimum absolute atomic E-state index is 0.0537. The Hall–Kier alpha value is -2.65. The van der Waals surface area contributed by atoms with Crippen molar-refractivity contribution in [2.45, 2.75) is 13.5 Å². The van der Waals surface area contributed by atoms with Crippen molar-refractivity contribution in [2.75, 3.05) is 37.7 Å². The second-order valence-electron chi connectivity index (χ2n) is 6.68. The number of H-pyrrole nitrogens is 1.